The van der Waals surface area contributed by atoms with Gasteiger partial charge in [0.2, 0.25) is 5.95 Å². The number of hydrogen-bond donors (Lipinski definition) is 1. The fraction of sp³-hybridized carbons (Fsp3) is 0.824. The van der Waals surface area contributed by atoms with Crippen LogP contribution in [0.4, 0.5) is 5.95 Å². The molecule has 20 heavy (non-hydrogen) atoms. The SMILES string of the molecule is CCCCCC(C)(C)Cn1cc(C)nc1NCCCC. The van der Waals surface area contributed by atoms with Gasteiger partial charge in [0.1, 0.15) is 0 Å². The molecule has 1 heterocycles. The van der Waals surface area contributed by atoms with Crippen LogP contribution in [-0.4, -0.2) is 16.1 Å². The van der Waals surface area contributed by atoms with Crippen LogP contribution in [0.25, 0.3) is 0 Å². The number of aromatic nitrogens is 2. The summed E-state index contributed by atoms with van der Waals surface area (Å²) in [5.74, 6) is 1.04. The first-order chi connectivity index (χ1) is 9.48. The molecule has 1 aromatic heterocycles. The molecule has 0 aliphatic heterocycles. The van der Waals surface area contributed by atoms with Crippen LogP contribution in [0.2, 0.25) is 0 Å². The Bertz CT molecular complexity index is 380. The lowest BCUT2D eigenvalue weighted by Gasteiger charge is -2.26. The molecule has 3 heteroatoms. The van der Waals surface area contributed by atoms with Crippen molar-refractivity contribution in [3.63, 3.8) is 0 Å². The molecule has 0 aliphatic carbocycles. The Morgan fingerprint density at radius 2 is 1.85 bits per heavy atom. The van der Waals surface area contributed by atoms with Gasteiger partial charge in [0.15, 0.2) is 0 Å². The molecule has 1 rings (SSSR count). The third-order valence-electron chi connectivity index (χ3n) is 3.77. The molecule has 0 aromatic carbocycles. The van der Waals surface area contributed by atoms with Gasteiger partial charge in [0, 0.05) is 19.3 Å². The Balaban J connectivity index is 2.60. The average Bonchev–Trinajstić information content (AvgIpc) is 2.69. The number of anilines is 1. The zero-order chi connectivity index (χ0) is 15.0. The molecule has 0 amide bonds. The van der Waals surface area contributed by atoms with Gasteiger partial charge in [-0.05, 0) is 25.2 Å². The fourth-order valence-electron chi connectivity index (χ4n) is 2.58. The quantitative estimate of drug-likeness (QED) is 0.610. The van der Waals surface area contributed by atoms with E-state index in [1.165, 1.54) is 38.5 Å². The maximum atomic E-state index is 4.61. The van der Waals surface area contributed by atoms with Crippen molar-refractivity contribution in [1.82, 2.24) is 9.55 Å². The normalized spacial score (nSPS) is 11.8. The predicted molar refractivity (Wildman–Crippen MR) is 88.3 cm³/mol. The van der Waals surface area contributed by atoms with Gasteiger partial charge in [-0.1, -0.05) is 53.4 Å². The summed E-state index contributed by atoms with van der Waals surface area (Å²) < 4.78 is 2.30. The molecule has 0 saturated heterocycles. The largest absolute Gasteiger partial charge is 0.356 e. The van der Waals surface area contributed by atoms with Crippen molar-refractivity contribution in [3.05, 3.63) is 11.9 Å². The van der Waals surface area contributed by atoms with E-state index in [1.807, 2.05) is 0 Å². The summed E-state index contributed by atoms with van der Waals surface area (Å²) in [6, 6.07) is 0. The topological polar surface area (TPSA) is 29.9 Å². The van der Waals surface area contributed by atoms with Gasteiger partial charge in [-0.15, -0.1) is 0 Å². The summed E-state index contributed by atoms with van der Waals surface area (Å²) in [4.78, 5) is 4.61. The molecule has 0 bridgehead atoms. The van der Waals surface area contributed by atoms with Gasteiger partial charge in [-0.3, -0.25) is 0 Å². The lowest BCUT2D eigenvalue weighted by molar-refractivity contribution is 0.273. The first-order valence-corrected chi connectivity index (χ1v) is 8.26. The Morgan fingerprint density at radius 1 is 1.15 bits per heavy atom. The first kappa shape index (κ1) is 17.1. The molecule has 0 saturated carbocycles. The van der Waals surface area contributed by atoms with Crippen LogP contribution in [-0.2, 0) is 6.54 Å². The van der Waals surface area contributed by atoms with Crippen molar-refractivity contribution >= 4 is 5.95 Å². The number of unbranched alkanes of at least 4 members (excludes halogenated alkanes) is 3. The molecule has 116 valence electrons. The second-order valence-electron chi connectivity index (χ2n) is 6.74. The van der Waals surface area contributed by atoms with Crippen LogP contribution in [0.15, 0.2) is 6.20 Å². The summed E-state index contributed by atoms with van der Waals surface area (Å²) in [6.45, 7) is 13.4. The number of imidazole rings is 1. The Hall–Kier alpha value is -0.990. The lowest BCUT2D eigenvalue weighted by Crippen LogP contribution is -2.21. The third-order valence-corrected chi connectivity index (χ3v) is 3.77. The third kappa shape index (κ3) is 5.98. The van der Waals surface area contributed by atoms with E-state index in [2.05, 4.69) is 55.7 Å². The molecular formula is C17H33N3. The van der Waals surface area contributed by atoms with E-state index in [0.29, 0.717) is 5.41 Å². The zero-order valence-electron chi connectivity index (χ0n) is 14.1. The maximum Gasteiger partial charge on any atom is 0.203 e. The highest BCUT2D eigenvalue weighted by Gasteiger charge is 2.20. The van der Waals surface area contributed by atoms with Crippen LogP contribution >= 0.6 is 0 Å². The van der Waals surface area contributed by atoms with Crippen LogP contribution in [0, 0.1) is 12.3 Å². The summed E-state index contributed by atoms with van der Waals surface area (Å²) in [7, 11) is 0. The number of aryl methyl sites for hydroxylation is 1. The second-order valence-corrected chi connectivity index (χ2v) is 6.74. The standard InChI is InChI=1S/C17H33N3/c1-6-8-10-11-17(4,5)14-20-13-15(3)19-16(20)18-12-9-7-2/h13H,6-12,14H2,1-5H3,(H,18,19). The highest BCUT2D eigenvalue weighted by molar-refractivity contribution is 5.28. The van der Waals surface area contributed by atoms with Crippen LogP contribution in [0.5, 0.6) is 0 Å². The Morgan fingerprint density at radius 3 is 2.50 bits per heavy atom. The maximum absolute atomic E-state index is 4.61. The van der Waals surface area contributed by atoms with Crippen LogP contribution < -0.4 is 5.32 Å². The second kappa shape index (κ2) is 8.33. The fourth-order valence-corrected chi connectivity index (χ4v) is 2.58. The van der Waals surface area contributed by atoms with Gasteiger partial charge < -0.3 is 9.88 Å². The molecule has 0 atom stereocenters. The minimum Gasteiger partial charge on any atom is -0.356 e. The summed E-state index contributed by atoms with van der Waals surface area (Å²) in [5.41, 5.74) is 1.44. The van der Waals surface area contributed by atoms with Crippen LogP contribution in [0.3, 0.4) is 0 Å². The lowest BCUT2D eigenvalue weighted by atomic mass is 9.87. The van der Waals surface area contributed by atoms with Crippen molar-refractivity contribution in [2.75, 3.05) is 11.9 Å². The van der Waals surface area contributed by atoms with Gasteiger partial charge >= 0.3 is 0 Å². The van der Waals surface area contributed by atoms with Crippen molar-refractivity contribution in [2.24, 2.45) is 5.41 Å². The number of rotatable bonds is 10. The first-order valence-electron chi connectivity index (χ1n) is 8.26. The number of nitrogens with zero attached hydrogens (tertiary/aromatic N) is 2. The average molecular weight is 279 g/mol. The molecule has 0 spiro atoms. The van der Waals surface area contributed by atoms with Crippen molar-refractivity contribution in [1.29, 1.82) is 0 Å². The summed E-state index contributed by atoms with van der Waals surface area (Å²) in [6.07, 6.45) is 9.84. The minimum atomic E-state index is 0.337. The zero-order valence-corrected chi connectivity index (χ0v) is 14.1. The van der Waals surface area contributed by atoms with Crippen molar-refractivity contribution < 1.29 is 0 Å². The molecule has 0 unspecified atom stereocenters. The highest BCUT2D eigenvalue weighted by Crippen LogP contribution is 2.27. The van der Waals surface area contributed by atoms with Crippen LogP contribution in [0.1, 0.15) is 71.9 Å². The monoisotopic (exact) mass is 279 g/mol. The van der Waals surface area contributed by atoms with E-state index in [4.69, 9.17) is 0 Å². The van der Waals surface area contributed by atoms with E-state index >= 15 is 0 Å². The minimum absolute atomic E-state index is 0.337. The molecule has 0 fully saturated rings. The van der Waals surface area contributed by atoms with Crippen molar-refractivity contribution in [3.8, 4) is 0 Å². The number of nitrogens with one attached hydrogen (secondary N) is 1. The van der Waals surface area contributed by atoms with Crippen molar-refractivity contribution in [2.45, 2.75) is 79.7 Å². The predicted octanol–water partition coefficient (Wildman–Crippen LogP) is 5.01. The van der Waals surface area contributed by atoms with E-state index in [-0.39, 0.29) is 0 Å². The van der Waals surface area contributed by atoms with E-state index in [0.717, 1.165) is 24.7 Å². The van der Waals surface area contributed by atoms with E-state index in [9.17, 15) is 0 Å². The molecule has 3 nitrogen and oxygen atoms in total. The summed E-state index contributed by atoms with van der Waals surface area (Å²) >= 11 is 0. The number of hydrogen-bond acceptors (Lipinski definition) is 2. The summed E-state index contributed by atoms with van der Waals surface area (Å²) in [5, 5.41) is 3.48. The Kier molecular flexibility index (Phi) is 7.11. The van der Waals surface area contributed by atoms with Gasteiger partial charge in [0.25, 0.3) is 0 Å². The van der Waals surface area contributed by atoms with Gasteiger partial charge in [-0.2, -0.15) is 0 Å². The molecule has 0 radical (unpaired) electrons. The Labute approximate surface area is 125 Å². The highest BCUT2D eigenvalue weighted by atomic mass is 15.2. The molecule has 0 aliphatic rings. The molecule has 1 aromatic rings. The smallest absolute Gasteiger partial charge is 0.203 e. The van der Waals surface area contributed by atoms with Gasteiger partial charge in [0.05, 0.1) is 5.69 Å². The molecular weight excluding hydrogens is 246 g/mol. The molecule has 1 N–H and O–H groups in total. The van der Waals surface area contributed by atoms with Gasteiger partial charge in [-0.25, -0.2) is 4.98 Å². The van der Waals surface area contributed by atoms with E-state index < -0.39 is 0 Å². The van der Waals surface area contributed by atoms with E-state index in [1.54, 1.807) is 0 Å².